The van der Waals surface area contributed by atoms with E-state index in [0.29, 0.717) is 0 Å². The molecule has 0 aliphatic carbocycles. The number of benzene rings is 4. The Hall–Kier alpha value is -4.77. The molecule has 0 bridgehead atoms. The molecule has 0 saturated carbocycles. The van der Waals surface area contributed by atoms with E-state index in [4.69, 9.17) is 5.10 Å². The van der Waals surface area contributed by atoms with Crippen molar-refractivity contribution in [2.75, 3.05) is 41.0 Å². The number of para-hydroxylation sites is 2. The molecule has 0 radical (unpaired) electrons. The van der Waals surface area contributed by atoms with Gasteiger partial charge in [-0.25, -0.2) is 0 Å². The van der Waals surface area contributed by atoms with Crippen molar-refractivity contribution in [1.29, 1.82) is 0 Å². The highest BCUT2D eigenvalue weighted by molar-refractivity contribution is 6.13. The summed E-state index contributed by atoms with van der Waals surface area (Å²) in [5.74, 6) is 0. The Morgan fingerprint density at radius 3 is 1.85 bits per heavy atom. The van der Waals surface area contributed by atoms with E-state index in [1.165, 1.54) is 44.3 Å². The summed E-state index contributed by atoms with van der Waals surface area (Å²) in [6.45, 7) is 16.0. The molecule has 5 aromatic rings. The Bertz CT molecular complexity index is 1850. The van der Waals surface area contributed by atoms with Crippen molar-refractivity contribution in [1.82, 2.24) is 4.57 Å². The Morgan fingerprint density at radius 1 is 0.652 bits per heavy atom. The fourth-order valence-electron chi connectivity index (χ4n) is 6.83. The summed E-state index contributed by atoms with van der Waals surface area (Å²) in [7, 11) is 0. The number of rotatable bonds is 12. The summed E-state index contributed by atoms with van der Waals surface area (Å²) >= 11 is 0. The second-order valence-corrected chi connectivity index (χ2v) is 11.9. The van der Waals surface area contributed by atoms with Gasteiger partial charge in [-0.3, -0.25) is 5.01 Å². The minimum Gasteiger partial charge on any atom is -0.372 e. The van der Waals surface area contributed by atoms with E-state index >= 15 is 0 Å². The predicted octanol–water partition coefficient (Wildman–Crippen LogP) is 9.87. The molecule has 0 fully saturated rings. The Labute approximate surface area is 274 Å². The average Bonchev–Trinajstić information content (AvgIpc) is 3.67. The van der Waals surface area contributed by atoms with Crippen molar-refractivity contribution < 1.29 is 0 Å². The molecule has 1 atom stereocenters. The fourth-order valence-corrected chi connectivity index (χ4v) is 6.83. The molecular weight excluding hydrogens is 562 g/mol. The van der Waals surface area contributed by atoms with Crippen LogP contribution in [0.3, 0.4) is 0 Å². The standard InChI is InChI=1S/C41H47N5/c1-6-43(7-2)34-25-19-31(20-26-34)18-24-33-30-36(29-23-32-21-27-35(28-22-32)44(8-3)9-4)46(42-33)40-17-13-15-38-37-14-11-12-16-39(37)45(10-5)41(38)40/h11-29,36H,6-10,30H2,1-5H3. The van der Waals surface area contributed by atoms with E-state index in [2.05, 4.69) is 169 Å². The highest BCUT2D eigenvalue weighted by atomic mass is 15.5. The maximum absolute atomic E-state index is 5.28. The van der Waals surface area contributed by atoms with Gasteiger partial charge in [-0.15, -0.1) is 0 Å². The minimum atomic E-state index is 0.0982. The molecule has 2 heterocycles. The molecule has 0 saturated heterocycles. The van der Waals surface area contributed by atoms with E-state index in [9.17, 15) is 0 Å². The van der Waals surface area contributed by atoms with Gasteiger partial charge in [-0.05, 0) is 88.2 Å². The molecule has 1 aliphatic heterocycles. The number of fused-ring (bicyclic) bond motifs is 3. The van der Waals surface area contributed by atoms with Crippen LogP contribution < -0.4 is 14.8 Å². The van der Waals surface area contributed by atoms with Gasteiger partial charge in [0, 0.05) is 66.8 Å². The second kappa shape index (κ2) is 14.1. The van der Waals surface area contributed by atoms with Crippen LogP contribution in [0.4, 0.5) is 17.1 Å². The molecule has 1 aromatic heterocycles. The van der Waals surface area contributed by atoms with Gasteiger partial charge in [0.05, 0.1) is 23.0 Å². The SMILES string of the molecule is CCN(CC)c1ccc(C=CC2=NN(c3cccc4c5ccccc5n(CC)c34)C(C=Cc3ccc(N(CC)CC)cc3)C2)cc1. The summed E-state index contributed by atoms with van der Waals surface area (Å²) in [5, 5.41) is 10.1. The van der Waals surface area contributed by atoms with Gasteiger partial charge in [-0.1, -0.05) is 72.8 Å². The Balaban J connectivity index is 1.35. The quantitative estimate of drug-likeness (QED) is 0.141. The van der Waals surface area contributed by atoms with Crippen LogP contribution in [0.5, 0.6) is 0 Å². The molecule has 5 heteroatoms. The maximum Gasteiger partial charge on any atom is 0.0844 e. The molecule has 46 heavy (non-hydrogen) atoms. The van der Waals surface area contributed by atoms with Gasteiger partial charge in [0.2, 0.25) is 0 Å². The normalized spacial score (nSPS) is 15.1. The van der Waals surface area contributed by atoms with E-state index < -0.39 is 0 Å². The average molecular weight is 610 g/mol. The first-order valence-electron chi connectivity index (χ1n) is 17.0. The van der Waals surface area contributed by atoms with Crippen LogP contribution >= 0.6 is 0 Å². The Morgan fingerprint density at radius 2 is 1.24 bits per heavy atom. The zero-order valence-corrected chi connectivity index (χ0v) is 28.0. The summed E-state index contributed by atoms with van der Waals surface area (Å²) in [5.41, 5.74) is 9.66. The van der Waals surface area contributed by atoms with Crippen molar-refractivity contribution in [3.8, 4) is 0 Å². The number of aryl methyl sites for hydroxylation is 1. The van der Waals surface area contributed by atoms with Crippen LogP contribution in [0.15, 0.2) is 108 Å². The van der Waals surface area contributed by atoms with E-state index in [1.807, 2.05) is 0 Å². The van der Waals surface area contributed by atoms with Crippen molar-refractivity contribution in [2.45, 2.75) is 53.6 Å². The molecule has 6 rings (SSSR count). The van der Waals surface area contributed by atoms with Gasteiger partial charge in [0.15, 0.2) is 0 Å². The first kappa shape index (κ1) is 31.2. The van der Waals surface area contributed by atoms with E-state index in [0.717, 1.165) is 50.5 Å². The van der Waals surface area contributed by atoms with Crippen LogP contribution in [-0.4, -0.2) is 42.5 Å². The van der Waals surface area contributed by atoms with Crippen molar-refractivity contribution in [3.63, 3.8) is 0 Å². The number of hydrogen-bond acceptors (Lipinski definition) is 4. The molecule has 236 valence electrons. The number of nitrogens with zero attached hydrogens (tertiary/aromatic N) is 5. The molecular formula is C41H47N5. The van der Waals surface area contributed by atoms with Gasteiger partial charge >= 0.3 is 0 Å². The predicted molar refractivity (Wildman–Crippen MR) is 202 cm³/mol. The van der Waals surface area contributed by atoms with Gasteiger partial charge < -0.3 is 14.4 Å². The van der Waals surface area contributed by atoms with Gasteiger partial charge in [0.25, 0.3) is 0 Å². The third-order valence-corrected chi connectivity index (χ3v) is 9.32. The van der Waals surface area contributed by atoms with E-state index in [1.54, 1.807) is 0 Å². The van der Waals surface area contributed by atoms with Crippen LogP contribution in [0, 0.1) is 0 Å². The maximum atomic E-state index is 5.28. The summed E-state index contributed by atoms with van der Waals surface area (Å²) in [6, 6.07) is 33.3. The largest absolute Gasteiger partial charge is 0.372 e. The molecule has 0 spiro atoms. The lowest BCUT2D eigenvalue weighted by atomic mass is 10.1. The minimum absolute atomic E-state index is 0.0982. The molecule has 0 amide bonds. The van der Waals surface area contributed by atoms with Gasteiger partial charge in [-0.2, -0.15) is 5.10 Å². The van der Waals surface area contributed by atoms with Crippen LogP contribution in [0.25, 0.3) is 34.0 Å². The number of aromatic nitrogens is 1. The monoisotopic (exact) mass is 609 g/mol. The number of allylic oxidation sites excluding steroid dienone is 1. The lowest BCUT2D eigenvalue weighted by Crippen LogP contribution is -2.24. The fraction of sp³-hybridized carbons (Fsp3) is 0.293. The first-order chi connectivity index (χ1) is 22.6. The van der Waals surface area contributed by atoms with Crippen molar-refractivity contribution >= 4 is 56.7 Å². The zero-order valence-electron chi connectivity index (χ0n) is 28.0. The lowest BCUT2D eigenvalue weighted by molar-refractivity contribution is 0.781. The molecule has 5 nitrogen and oxygen atoms in total. The lowest BCUT2D eigenvalue weighted by Gasteiger charge is -2.23. The van der Waals surface area contributed by atoms with Crippen molar-refractivity contribution in [3.05, 3.63) is 114 Å². The summed E-state index contributed by atoms with van der Waals surface area (Å²) in [4.78, 5) is 4.75. The summed E-state index contributed by atoms with van der Waals surface area (Å²) < 4.78 is 2.44. The van der Waals surface area contributed by atoms with E-state index in [-0.39, 0.29) is 6.04 Å². The van der Waals surface area contributed by atoms with Crippen LogP contribution in [0.1, 0.15) is 52.2 Å². The highest BCUT2D eigenvalue weighted by Gasteiger charge is 2.27. The first-order valence-corrected chi connectivity index (χ1v) is 17.0. The summed E-state index contributed by atoms with van der Waals surface area (Å²) in [6.07, 6.45) is 9.82. The molecule has 1 aliphatic rings. The highest BCUT2D eigenvalue weighted by Crippen LogP contribution is 2.38. The van der Waals surface area contributed by atoms with Crippen molar-refractivity contribution in [2.24, 2.45) is 5.10 Å². The second-order valence-electron chi connectivity index (χ2n) is 11.9. The Kier molecular flexibility index (Phi) is 9.58. The third kappa shape index (κ3) is 6.19. The smallest absolute Gasteiger partial charge is 0.0844 e. The van der Waals surface area contributed by atoms with Crippen LogP contribution in [0.2, 0.25) is 0 Å². The molecule has 0 N–H and O–H groups in total. The number of hydrazone groups is 1. The number of anilines is 3. The topological polar surface area (TPSA) is 27.0 Å². The van der Waals surface area contributed by atoms with Crippen LogP contribution in [-0.2, 0) is 6.54 Å². The molecule has 4 aromatic carbocycles. The van der Waals surface area contributed by atoms with Gasteiger partial charge in [0.1, 0.15) is 0 Å². The zero-order chi connectivity index (χ0) is 32.0. The third-order valence-electron chi connectivity index (χ3n) is 9.32. The molecule has 1 unspecified atom stereocenters. The number of hydrogen-bond donors (Lipinski definition) is 0.